The Kier molecular flexibility index (Phi) is 7.92. The number of hydrogen-bond acceptors (Lipinski definition) is 10. The fourth-order valence-corrected chi connectivity index (χ4v) is 8.50. The van der Waals surface area contributed by atoms with Gasteiger partial charge in [-0.25, -0.2) is 14.7 Å². The minimum atomic E-state index is -0.906. The van der Waals surface area contributed by atoms with E-state index in [0.29, 0.717) is 15.5 Å². The number of aromatic nitrogens is 1. The molecule has 0 spiro atoms. The molecule has 2 atom stereocenters. The second-order valence-corrected chi connectivity index (χ2v) is 14.3. The Balaban J connectivity index is 1.15. The Morgan fingerprint density at radius 1 is 0.896 bits per heavy atom. The van der Waals surface area contributed by atoms with Gasteiger partial charge >= 0.3 is 6.03 Å². The van der Waals surface area contributed by atoms with Crippen molar-refractivity contribution in [1.82, 2.24) is 10.3 Å². The van der Waals surface area contributed by atoms with Crippen molar-refractivity contribution in [3.8, 4) is 0 Å². The molecule has 14 heteroatoms. The zero-order chi connectivity index (χ0) is 33.9. The summed E-state index contributed by atoms with van der Waals surface area (Å²) in [7, 11) is 0. The first-order chi connectivity index (χ1) is 23.0. The average molecular weight is 682 g/mol. The summed E-state index contributed by atoms with van der Waals surface area (Å²) in [6.07, 6.45) is 4.54. The van der Waals surface area contributed by atoms with E-state index in [4.69, 9.17) is 0 Å². The largest absolute Gasteiger partial charge is 0.335 e. The smallest absolute Gasteiger partial charge is 0.274 e. The number of anilines is 2. The van der Waals surface area contributed by atoms with Crippen LogP contribution in [0, 0.1) is 35.8 Å². The highest BCUT2D eigenvalue weighted by atomic mass is 32.2. The van der Waals surface area contributed by atoms with Gasteiger partial charge in [0.1, 0.15) is 5.57 Å². The van der Waals surface area contributed by atoms with Crippen molar-refractivity contribution in [2.24, 2.45) is 11.8 Å². The lowest BCUT2D eigenvalue weighted by molar-refractivity contribution is -0.387. The van der Waals surface area contributed by atoms with Crippen LogP contribution in [0.4, 0.5) is 21.9 Å². The minimum Gasteiger partial charge on any atom is -0.274 e. The number of nitro benzene ring substituents is 1. The summed E-state index contributed by atoms with van der Waals surface area (Å²) in [5.74, 6) is -2.61. The molecule has 3 aromatic carbocycles. The maximum atomic E-state index is 13.4. The Morgan fingerprint density at radius 3 is 2.27 bits per heavy atom. The minimum absolute atomic E-state index is 0.161. The number of amides is 6. The summed E-state index contributed by atoms with van der Waals surface area (Å²) < 4.78 is 1.23. The van der Waals surface area contributed by atoms with Crippen LogP contribution in [0.15, 0.2) is 69.4 Å². The number of hydrogen-bond donors (Lipinski definition) is 1. The van der Waals surface area contributed by atoms with Crippen molar-refractivity contribution < 1.29 is 28.9 Å². The summed E-state index contributed by atoms with van der Waals surface area (Å²) in [5.41, 5.74) is 2.82. The fraction of sp³-hybridized carbons (Fsp3) is 0.235. The molecular formula is C34H27N5O7S2. The second kappa shape index (κ2) is 12.1. The lowest BCUT2D eigenvalue weighted by Gasteiger charge is -2.26. The number of carbonyl (C=O) groups excluding carboxylic acids is 5. The number of rotatable bonds is 6. The first-order valence-electron chi connectivity index (χ1n) is 15.2. The van der Waals surface area contributed by atoms with Gasteiger partial charge in [0.05, 0.1) is 43.2 Å². The van der Waals surface area contributed by atoms with Gasteiger partial charge in [-0.15, -0.1) is 11.3 Å². The monoisotopic (exact) mass is 681 g/mol. The van der Waals surface area contributed by atoms with Crippen LogP contribution in [0.25, 0.3) is 16.3 Å². The van der Waals surface area contributed by atoms with Crippen molar-refractivity contribution >= 4 is 86.1 Å². The zero-order valence-corrected chi connectivity index (χ0v) is 27.4. The predicted molar refractivity (Wildman–Crippen MR) is 180 cm³/mol. The number of urea groups is 1. The number of benzene rings is 3. The molecule has 3 aliphatic rings. The predicted octanol–water partition coefficient (Wildman–Crippen LogP) is 6.32. The number of thiazole rings is 1. The van der Waals surface area contributed by atoms with Crippen molar-refractivity contribution in [2.45, 2.75) is 48.8 Å². The van der Waals surface area contributed by atoms with Gasteiger partial charge in [-0.1, -0.05) is 36.7 Å². The molecule has 0 unspecified atom stereocenters. The first-order valence-corrected chi connectivity index (χ1v) is 16.9. The highest BCUT2D eigenvalue weighted by Crippen LogP contribution is 2.43. The molecule has 1 aromatic heterocycles. The van der Waals surface area contributed by atoms with Gasteiger partial charge in [-0.3, -0.25) is 39.5 Å². The maximum Gasteiger partial charge on any atom is 0.335 e. The number of nitrogens with zero attached hydrogens (tertiary/aromatic N) is 4. The molecule has 242 valence electrons. The molecule has 4 aromatic rings. The highest BCUT2D eigenvalue weighted by molar-refractivity contribution is 8.01. The molecule has 1 saturated carbocycles. The third kappa shape index (κ3) is 5.46. The normalized spacial score (nSPS) is 20.5. The molecule has 48 heavy (non-hydrogen) atoms. The summed E-state index contributed by atoms with van der Waals surface area (Å²) in [5, 5.41) is 14.3. The Bertz CT molecular complexity index is 2120. The van der Waals surface area contributed by atoms with Crippen molar-refractivity contribution in [2.75, 3.05) is 9.80 Å². The van der Waals surface area contributed by atoms with Gasteiger partial charge in [0.2, 0.25) is 11.8 Å². The van der Waals surface area contributed by atoms with E-state index in [9.17, 15) is 34.1 Å². The van der Waals surface area contributed by atoms with Crippen LogP contribution in [0.5, 0.6) is 0 Å². The quantitative estimate of drug-likeness (QED) is 0.0808. The molecule has 6 amide bonds. The Hall–Kier alpha value is -5.21. The lowest BCUT2D eigenvalue weighted by Crippen LogP contribution is -2.54. The molecule has 0 bridgehead atoms. The molecule has 12 nitrogen and oxygen atoms in total. The van der Waals surface area contributed by atoms with Gasteiger partial charge in [-0.05, 0) is 85.9 Å². The van der Waals surface area contributed by atoms with Crippen molar-refractivity contribution in [1.29, 1.82) is 0 Å². The van der Waals surface area contributed by atoms with E-state index in [1.165, 1.54) is 40.5 Å². The van der Waals surface area contributed by atoms with Gasteiger partial charge in [-0.2, -0.15) is 0 Å². The number of carbonyl (C=O) groups is 5. The van der Waals surface area contributed by atoms with Crippen LogP contribution < -0.4 is 15.1 Å². The highest BCUT2D eigenvalue weighted by Gasteiger charge is 2.48. The van der Waals surface area contributed by atoms with Crippen molar-refractivity contribution in [3.05, 3.63) is 87.0 Å². The van der Waals surface area contributed by atoms with Crippen molar-refractivity contribution in [3.63, 3.8) is 0 Å². The molecule has 3 heterocycles. The van der Waals surface area contributed by atoms with E-state index in [2.05, 4.69) is 10.3 Å². The first kappa shape index (κ1) is 31.4. The number of nitro groups is 1. The third-order valence-corrected chi connectivity index (χ3v) is 11.1. The third-order valence-electron chi connectivity index (χ3n) is 8.99. The van der Waals surface area contributed by atoms with Crippen LogP contribution in [-0.2, 0) is 19.2 Å². The van der Waals surface area contributed by atoms with Gasteiger partial charge in [0.15, 0.2) is 4.34 Å². The van der Waals surface area contributed by atoms with Gasteiger partial charge < -0.3 is 0 Å². The second-order valence-electron chi connectivity index (χ2n) is 12.0. The number of fused-ring (bicyclic) bond motifs is 2. The Labute approximate surface area is 282 Å². The van der Waals surface area contributed by atoms with E-state index in [1.54, 1.807) is 36.4 Å². The number of barbiturate groups is 1. The summed E-state index contributed by atoms with van der Waals surface area (Å²) in [4.78, 5) is 83.5. The summed E-state index contributed by atoms with van der Waals surface area (Å²) in [6.45, 7) is 3.72. The van der Waals surface area contributed by atoms with E-state index in [0.717, 1.165) is 58.2 Å². The maximum absolute atomic E-state index is 13.4. The molecule has 7 rings (SSSR count). The van der Waals surface area contributed by atoms with Gasteiger partial charge in [0, 0.05) is 6.07 Å². The molecule has 3 fully saturated rings. The SMILES string of the molecule is Cc1ccc(N2C(=O)NC(=O)/C(=C\c3ccc(Sc4nc5ccc(N6C(=O)[C@H]7CCCC[C@H]7C6=O)cc5s4)c([N+](=O)[O-])c3)C2=O)cc1C. The molecule has 1 N–H and O–H groups in total. The van der Waals surface area contributed by atoms with E-state index in [1.807, 2.05) is 13.8 Å². The molecule has 0 radical (unpaired) electrons. The average Bonchev–Trinajstić information content (AvgIpc) is 3.57. The Morgan fingerprint density at radius 2 is 1.58 bits per heavy atom. The number of nitrogens with one attached hydrogen (secondary N) is 1. The fourth-order valence-electron chi connectivity index (χ4n) is 6.36. The van der Waals surface area contributed by atoms with Crippen LogP contribution in [0.1, 0.15) is 42.4 Å². The number of imide groups is 3. The molecular weight excluding hydrogens is 655 g/mol. The lowest BCUT2D eigenvalue weighted by atomic mass is 9.81. The van der Waals surface area contributed by atoms with Crippen LogP contribution in [-0.4, -0.2) is 39.6 Å². The summed E-state index contributed by atoms with van der Waals surface area (Å²) in [6, 6.07) is 13.6. The van der Waals surface area contributed by atoms with E-state index >= 15 is 0 Å². The number of aryl methyl sites for hydroxylation is 2. The molecule has 1 aliphatic carbocycles. The van der Waals surface area contributed by atoms with E-state index in [-0.39, 0.29) is 51.1 Å². The standard InChI is InChI=1S/C34H27N5O7S2/c1-17-7-9-20(13-18(17)2)38-32(43)24(29(40)36-33(38)44)14-19-8-12-27(26(15-19)39(45)46)47-34-35-25-11-10-21(16-28(25)48-34)37-30(41)22-5-3-4-6-23(22)31(37)42/h7-16,22-23H,3-6H2,1-2H3,(H,36,40,44)/b24-14+/t22-,23+. The topological polar surface area (TPSA) is 160 Å². The van der Waals surface area contributed by atoms with Crippen LogP contribution >= 0.6 is 23.1 Å². The molecule has 2 saturated heterocycles. The van der Waals surface area contributed by atoms with E-state index < -0.39 is 22.8 Å². The van der Waals surface area contributed by atoms with Crippen LogP contribution in [0.2, 0.25) is 0 Å². The van der Waals surface area contributed by atoms with Crippen LogP contribution in [0.3, 0.4) is 0 Å². The zero-order valence-electron chi connectivity index (χ0n) is 25.7. The van der Waals surface area contributed by atoms with Gasteiger partial charge in [0.25, 0.3) is 17.5 Å². The summed E-state index contributed by atoms with van der Waals surface area (Å²) >= 11 is 2.36. The molecule has 2 aliphatic heterocycles.